The van der Waals surface area contributed by atoms with Crippen molar-refractivity contribution in [2.45, 2.75) is 24.7 Å². The average molecular weight is 467 g/mol. The number of amides is 1. The highest BCUT2D eigenvalue weighted by Crippen LogP contribution is 2.30. The highest BCUT2D eigenvalue weighted by Gasteiger charge is 2.28. The van der Waals surface area contributed by atoms with Crippen molar-refractivity contribution in [3.8, 4) is 10.8 Å². The van der Waals surface area contributed by atoms with Crippen molar-refractivity contribution in [2.75, 3.05) is 18.4 Å². The lowest BCUT2D eigenvalue weighted by molar-refractivity contribution is 0.102. The minimum atomic E-state index is -3.56. The zero-order chi connectivity index (χ0) is 21.3. The first-order valence-corrected chi connectivity index (χ1v) is 12.0. The molecule has 0 atom stereocenters. The van der Waals surface area contributed by atoms with Gasteiger partial charge in [0.2, 0.25) is 10.0 Å². The van der Waals surface area contributed by atoms with Crippen LogP contribution >= 0.6 is 22.9 Å². The summed E-state index contributed by atoms with van der Waals surface area (Å²) in [5.41, 5.74) is 0.278. The summed E-state index contributed by atoms with van der Waals surface area (Å²) >= 11 is 7.18. The molecule has 30 heavy (non-hydrogen) atoms. The number of carbonyl (C=O) groups is 1. The van der Waals surface area contributed by atoms with Crippen LogP contribution in [0.5, 0.6) is 0 Å². The van der Waals surface area contributed by atoms with E-state index in [1.54, 1.807) is 12.1 Å². The third-order valence-electron chi connectivity index (χ3n) is 4.93. The Morgan fingerprint density at radius 3 is 2.50 bits per heavy atom. The van der Waals surface area contributed by atoms with Crippen LogP contribution in [0.2, 0.25) is 4.34 Å². The van der Waals surface area contributed by atoms with Crippen molar-refractivity contribution in [1.82, 2.24) is 14.5 Å². The van der Waals surface area contributed by atoms with E-state index in [-0.39, 0.29) is 22.4 Å². The molecule has 0 saturated carbocycles. The van der Waals surface area contributed by atoms with Crippen LogP contribution in [-0.2, 0) is 10.0 Å². The molecule has 1 aliphatic heterocycles. The van der Waals surface area contributed by atoms with Gasteiger partial charge in [0, 0.05) is 18.7 Å². The number of sulfonamides is 1. The van der Waals surface area contributed by atoms with Gasteiger partial charge in [-0.2, -0.15) is 4.31 Å². The fraction of sp³-hybridized carbons (Fsp3) is 0.316. The van der Waals surface area contributed by atoms with E-state index in [0.29, 0.717) is 28.2 Å². The number of rotatable bonds is 5. The molecule has 11 heteroatoms. The Morgan fingerprint density at radius 1 is 1.17 bits per heavy atom. The monoisotopic (exact) mass is 466 g/mol. The maximum atomic E-state index is 12.8. The minimum absolute atomic E-state index is 0.0568. The van der Waals surface area contributed by atoms with Crippen molar-refractivity contribution in [3.05, 3.63) is 46.3 Å². The first-order chi connectivity index (χ1) is 14.3. The van der Waals surface area contributed by atoms with E-state index in [4.69, 9.17) is 16.0 Å². The summed E-state index contributed by atoms with van der Waals surface area (Å²) in [6.45, 7) is 3.15. The van der Waals surface area contributed by atoms with E-state index in [1.165, 1.54) is 39.9 Å². The number of hydrogen-bond acceptors (Lipinski definition) is 7. The summed E-state index contributed by atoms with van der Waals surface area (Å²) in [4.78, 5) is 13.3. The number of halogens is 1. The molecule has 1 N–H and O–H groups in total. The highest BCUT2D eigenvalue weighted by atomic mass is 35.5. The van der Waals surface area contributed by atoms with E-state index in [2.05, 4.69) is 22.4 Å². The number of nitrogens with one attached hydrogen (secondary N) is 1. The number of hydrogen-bond donors (Lipinski definition) is 1. The number of aromatic nitrogens is 2. The van der Waals surface area contributed by atoms with Crippen LogP contribution < -0.4 is 5.32 Å². The second-order valence-electron chi connectivity index (χ2n) is 7.08. The Kier molecular flexibility index (Phi) is 5.92. The predicted octanol–water partition coefficient (Wildman–Crippen LogP) is 4.12. The van der Waals surface area contributed by atoms with Gasteiger partial charge in [-0.15, -0.1) is 16.4 Å². The molecule has 0 bridgehead atoms. The van der Waals surface area contributed by atoms with E-state index in [0.717, 1.165) is 12.8 Å². The van der Waals surface area contributed by atoms with Crippen LogP contribution in [0.3, 0.4) is 0 Å². The maximum absolute atomic E-state index is 12.8. The van der Waals surface area contributed by atoms with Gasteiger partial charge >= 0.3 is 6.01 Å². The number of thiophene rings is 1. The summed E-state index contributed by atoms with van der Waals surface area (Å²) in [7, 11) is -3.56. The molecule has 1 saturated heterocycles. The molecular weight excluding hydrogens is 448 g/mol. The van der Waals surface area contributed by atoms with Crippen LogP contribution in [0.25, 0.3) is 10.8 Å². The van der Waals surface area contributed by atoms with Crippen LogP contribution in [0, 0.1) is 5.92 Å². The fourth-order valence-corrected chi connectivity index (χ4v) is 5.56. The van der Waals surface area contributed by atoms with Gasteiger partial charge in [0.15, 0.2) is 0 Å². The SMILES string of the molecule is CC1CCN(S(=O)(=O)c2ccc(C(=O)Nc3nnc(-c4ccc(Cl)s4)o3)cc2)CC1. The molecule has 1 fully saturated rings. The van der Waals surface area contributed by atoms with Gasteiger partial charge in [0.25, 0.3) is 11.8 Å². The summed E-state index contributed by atoms with van der Waals surface area (Å²) in [6.07, 6.45) is 1.70. The van der Waals surface area contributed by atoms with E-state index in [9.17, 15) is 13.2 Å². The van der Waals surface area contributed by atoms with Gasteiger partial charge < -0.3 is 4.42 Å². The van der Waals surface area contributed by atoms with E-state index < -0.39 is 15.9 Å². The van der Waals surface area contributed by atoms with Crippen molar-refractivity contribution < 1.29 is 17.6 Å². The standard InChI is InChI=1S/C19H19ClN4O4S2/c1-12-8-10-24(11-9-12)30(26,27)14-4-2-13(3-5-14)17(25)21-19-23-22-18(28-19)15-6-7-16(20)29-15/h2-7,12H,8-11H2,1H3,(H,21,23,25). The normalized spacial score (nSPS) is 15.9. The van der Waals surface area contributed by atoms with Crippen LogP contribution in [0.4, 0.5) is 6.01 Å². The first kappa shape index (κ1) is 21.0. The van der Waals surface area contributed by atoms with Gasteiger partial charge in [-0.05, 0) is 55.2 Å². The van der Waals surface area contributed by atoms with Gasteiger partial charge in [0.1, 0.15) is 0 Å². The lowest BCUT2D eigenvalue weighted by atomic mass is 10.0. The molecule has 158 valence electrons. The van der Waals surface area contributed by atoms with E-state index >= 15 is 0 Å². The fourth-order valence-electron chi connectivity index (χ4n) is 3.12. The van der Waals surface area contributed by atoms with Gasteiger partial charge in [-0.25, -0.2) is 8.42 Å². The van der Waals surface area contributed by atoms with E-state index in [1.807, 2.05) is 0 Å². The Labute approximate surface area is 182 Å². The van der Waals surface area contributed by atoms with Crippen LogP contribution in [0.1, 0.15) is 30.1 Å². The zero-order valence-corrected chi connectivity index (χ0v) is 18.4. The maximum Gasteiger partial charge on any atom is 0.322 e. The number of anilines is 1. The Balaban J connectivity index is 1.44. The van der Waals surface area contributed by atoms with Crippen molar-refractivity contribution in [1.29, 1.82) is 0 Å². The lowest BCUT2D eigenvalue weighted by Gasteiger charge is -2.29. The predicted molar refractivity (Wildman–Crippen MR) is 114 cm³/mol. The smallest absolute Gasteiger partial charge is 0.322 e. The third kappa shape index (κ3) is 4.41. The Morgan fingerprint density at radius 2 is 1.87 bits per heavy atom. The number of benzene rings is 1. The number of carbonyl (C=O) groups excluding carboxylic acids is 1. The molecule has 1 aromatic carbocycles. The van der Waals surface area contributed by atoms with Crippen molar-refractivity contribution >= 4 is 44.9 Å². The summed E-state index contributed by atoms with van der Waals surface area (Å²) in [5, 5.41) is 10.2. The molecular formula is C19H19ClN4O4S2. The zero-order valence-electron chi connectivity index (χ0n) is 16.0. The van der Waals surface area contributed by atoms with Gasteiger partial charge in [-0.3, -0.25) is 10.1 Å². The first-order valence-electron chi connectivity index (χ1n) is 9.34. The molecule has 3 aromatic rings. The lowest BCUT2D eigenvalue weighted by Crippen LogP contribution is -2.37. The molecule has 4 rings (SSSR count). The third-order valence-corrected chi connectivity index (χ3v) is 8.06. The molecule has 0 aliphatic carbocycles. The molecule has 2 aromatic heterocycles. The molecule has 8 nitrogen and oxygen atoms in total. The summed E-state index contributed by atoms with van der Waals surface area (Å²) in [6, 6.07) is 9.21. The number of piperidine rings is 1. The molecule has 1 amide bonds. The topological polar surface area (TPSA) is 105 Å². The second kappa shape index (κ2) is 8.46. The van der Waals surface area contributed by atoms with Crippen molar-refractivity contribution in [2.24, 2.45) is 5.92 Å². The molecule has 1 aliphatic rings. The number of nitrogens with zero attached hydrogens (tertiary/aromatic N) is 3. The second-order valence-corrected chi connectivity index (χ2v) is 10.7. The summed E-state index contributed by atoms with van der Waals surface area (Å²) < 4.78 is 33.1. The molecule has 0 radical (unpaired) electrons. The van der Waals surface area contributed by atoms with Gasteiger partial charge in [0.05, 0.1) is 14.1 Å². The molecule has 0 spiro atoms. The average Bonchev–Trinajstić information content (AvgIpc) is 3.37. The van der Waals surface area contributed by atoms with Crippen molar-refractivity contribution in [3.63, 3.8) is 0 Å². The minimum Gasteiger partial charge on any atom is -0.402 e. The molecule has 3 heterocycles. The van der Waals surface area contributed by atoms with Crippen LogP contribution in [-0.4, -0.2) is 41.9 Å². The van der Waals surface area contributed by atoms with Gasteiger partial charge in [-0.1, -0.05) is 23.6 Å². The van der Waals surface area contributed by atoms with Crippen LogP contribution in [0.15, 0.2) is 45.7 Å². The molecule has 0 unspecified atom stereocenters. The Bertz CT molecular complexity index is 1150. The Hall–Kier alpha value is -2.27. The summed E-state index contributed by atoms with van der Waals surface area (Å²) in [5.74, 6) is 0.300. The largest absolute Gasteiger partial charge is 0.402 e. The quantitative estimate of drug-likeness (QED) is 0.606. The highest BCUT2D eigenvalue weighted by molar-refractivity contribution is 7.89.